The molecule has 0 aromatic rings. The SMILES string of the molecule is CCC1CN(C(=O)[C@@H]2CCCN2)CCN1CCOC.Cl. The van der Waals surface area contributed by atoms with Crippen molar-refractivity contribution in [3.05, 3.63) is 0 Å². The number of carbonyl (C=O) groups is 1. The molecule has 0 aliphatic carbocycles. The van der Waals surface area contributed by atoms with Crippen LogP contribution in [0.25, 0.3) is 0 Å². The highest BCUT2D eigenvalue weighted by molar-refractivity contribution is 5.85. The smallest absolute Gasteiger partial charge is 0.239 e. The summed E-state index contributed by atoms with van der Waals surface area (Å²) in [5.41, 5.74) is 0. The van der Waals surface area contributed by atoms with E-state index < -0.39 is 0 Å². The van der Waals surface area contributed by atoms with Gasteiger partial charge in [0, 0.05) is 39.3 Å². The molecule has 0 bridgehead atoms. The van der Waals surface area contributed by atoms with E-state index in [1.807, 2.05) is 0 Å². The van der Waals surface area contributed by atoms with Crippen molar-refractivity contribution in [3.8, 4) is 0 Å². The van der Waals surface area contributed by atoms with E-state index in [0.29, 0.717) is 11.9 Å². The molecule has 0 aromatic heterocycles. The largest absolute Gasteiger partial charge is 0.383 e. The Bertz CT molecular complexity index is 298. The zero-order valence-electron chi connectivity index (χ0n) is 12.6. The van der Waals surface area contributed by atoms with Crippen molar-refractivity contribution in [3.63, 3.8) is 0 Å². The lowest BCUT2D eigenvalue weighted by molar-refractivity contribution is -0.136. The Morgan fingerprint density at radius 1 is 1.40 bits per heavy atom. The average molecular weight is 306 g/mol. The predicted octanol–water partition coefficient (Wildman–Crippen LogP) is 0.729. The van der Waals surface area contributed by atoms with E-state index in [1.54, 1.807) is 7.11 Å². The van der Waals surface area contributed by atoms with Crippen LogP contribution in [0.2, 0.25) is 0 Å². The second-order valence-corrected chi connectivity index (χ2v) is 5.52. The molecule has 1 N–H and O–H groups in total. The average Bonchev–Trinajstić information content (AvgIpc) is 2.98. The first-order valence-electron chi connectivity index (χ1n) is 7.51. The fourth-order valence-electron chi connectivity index (χ4n) is 3.10. The van der Waals surface area contributed by atoms with Gasteiger partial charge in [-0.3, -0.25) is 9.69 Å². The minimum absolute atomic E-state index is 0. The van der Waals surface area contributed by atoms with E-state index in [4.69, 9.17) is 4.74 Å². The van der Waals surface area contributed by atoms with Crippen molar-refractivity contribution in [2.75, 3.05) is 46.4 Å². The van der Waals surface area contributed by atoms with E-state index in [1.165, 1.54) is 0 Å². The molecule has 6 heteroatoms. The van der Waals surface area contributed by atoms with E-state index in [2.05, 4.69) is 22.0 Å². The monoisotopic (exact) mass is 305 g/mol. The lowest BCUT2D eigenvalue weighted by atomic mass is 10.1. The van der Waals surface area contributed by atoms with Gasteiger partial charge >= 0.3 is 0 Å². The quantitative estimate of drug-likeness (QED) is 0.813. The van der Waals surface area contributed by atoms with Gasteiger partial charge in [-0.25, -0.2) is 0 Å². The van der Waals surface area contributed by atoms with E-state index in [-0.39, 0.29) is 18.4 Å². The number of hydrogen-bond acceptors (Lipinski definition) is 4. The van der Waals surface area contributed by atoms with Crippen LogP contribution in [0, 0.1) is 0 Å². The molecule has 2 rings (SSSR count). The Labute approximate surface area is 128 Å². The summed E-state index contributed by atoms with van der Waals surface area (Å²) in [5, 5.41) is 3.31. The van der Waals surface area contributed by atoms with Gasteiger partial charge < -0.3 is 15.0 Å². The van der Waals surface area contributed by atoms with Crippen LogP contribution in [0.4, 0.5) is 0 Å². The molecule has 0 radical (unpaired) electrons. The number of methoxy groups -OCH3 is 1. The highest BCUT2D eigenvalue weighted by Crippen LogP contribution is 2.16. The predicted molar refractivity (Wildman–Crippen MR) is 82.4 cm³/mol. The Balaban J connectivity index is 0.00000200. The summed E-state index contributed by atoms with van der Waals surface area (Å²) < 4.78 is 5.16. The number of amides is 1. The first-order valence-corrected chi connectivity index (χ1v) is 7.51. The maximum absolute atomic E-state index is 12.4. The van der Waals surface area contributed by atoms with Gasteiger partial charge in [0.05, 0.1) is 12.6 Å². The second kappa shape index (κ2) is 8.82. The number of hydrogen-bond donors (Lipinski definition) is 1. The molecule has 2 fully saturated rings. The van der Waals surface area contributed by atoms with Gasteiger partial charge in [-0.15, -0.1) is 12.4 Å². The summed E-state index contributed by atoms with van der Waals surface area (Å²) in [6.45, 7) is 7.63. The molecule has 2 saturated heterocycles. The molecule has 0 saturated carbocycles. The minimum Gasteiger partial charge on any atom is -0.383 e. The highest BCUT2D eigenvalue weighted by atomic mass is 35.5. The van der Waals surface area contributed by atoms with Crippen molar-refractivity contribution in [1.29, 1.82) is 0 Å². The maximum atomic E-state index is 12.4. The van der Waals surface area contributed by atoms with Gasteiger partial charge in [0.2, 0.25) is 5.91 Å². The van der Waals surface area contributed by atoms with Crippen molar-refractivity contribution >= 4 is 18.3 Å². The van der Waals surface area contributed by atoms with Crippen LogP contribution in [0.15, 0.2) is 0 Å². The summed E-state index contributed by atoms with van der Waals surface area (Å²) in [6.07, 6.45) is 3.21. The van der Waals surface area contributed by atoms with Gasteiger partial charge in [0.15, 0.2) is 0 Å². The Kier molecular flexibility index (Phi) is 7.80. The highest BCUT2D eigenvalue weighted by Gasteiger charge is 2.32. The topological polar surface area (TPSA) is 44.8 Å². The molecule has 5 nitrogen and oxygen atoms in total. The Hall–Kier alpha value is -0.360. The van der Waals surface area contributed by atoms with E-state index in [0.717, 1.165) is 58.6 Å². The van der Waals surface area contributed by atoms with Crippen LogP contribution in [-0.4, -0.2) is 74.2 Å². The van der Waals surface area contributed by atoms with Crippen LogP contribution in [-0.2, 0) is 9.53 Å². The van der Waals surface area contributed by atoms with Crippen LogP contribution in [0.5, 0.6) is 0 Å². The van der Waals surface area contributed by atoms with Gasteiger partial charge in [-0.1, -0.05) is 6.92 Å². The van der Waals surface area contributed by atoms with Crippen LogP contribution >= 0.6 is 12.4 Å². The van der Waals surface area contributed by atoms with Crippen LogP contribution in [0.1, 0.15) is 26.2 Å². The third kappa shape index (κ3) is 4.32. The normalized spacial score (nSPS) is 27.4. The molecule has 20 heavy (non-hydrogen) atoms. The first-order chi connectivity index (χ1) is 9.26. The summed E-state index contributed by atoms with van der Waals surface area (Å²) in [7, 11) is 1.74. The van der Waals surface area contributed by atoms with E-state index in [9.17, 15) is 4.79 Å². The second-order valence-electron chi connectivity index (χ2n) is 5.52. The zero-order valence-corrected chi connectivity index (χ0v) is 13.5. The maximum Gasteiger partial charge on any atom is 0.239 e. The summed E-state index contributed by atoms with van der Waals surface area (Å²) in [5.74, 6) is 0.308. The number of halogens is 1. The minimum atomic E-state index is 0. The molecule has 2 aliphatic rings. The molecule has 2 aliphatic heterocycles. The molecular weight excluding hydrogens is 278 g/mol. The molecule has 1 unspecified atom stereocenters. The molecule has 0 aromatic carbocycles. The summed E-state index contributed by atoms with van der Waals surface area (Å²) in [4.78, 5) is 16.9. The Morgan fingerprint density at radius 3 is 2.80 bits per heavy atom. The van der Waals surface area contributed by atoms with Crippen molar-refractivity contribution in [2.45, 2.75) is 38.3 Å². The molecule has 2 heterocycles. The number of ether oxygens (including phenoxy) is 1. The van der Waals surface area contributed by atoms with Crippen LogP contribution in [0.3, 0.4) is 0 Å². The van der Waals surface area contributed by atoms with Gasteiger partial charge in [-0.2, -0.15) is 0 Å². The van der Waals surface area contributed by atoms with Gasteiger partial charge in [0.1, 0.15) is 0 Å². The Morgan fingerprint density at radius 2 is 2.20 bits per heavy atom. The van der Waals surface area contributed by atoms with Crippen molar-refractivity contribution in [2.24, 2.45) is 0 Å². The lowest BCUT2D eigenvalue weighted by Gasteiger charge is -2.41. The number of nitrogens with zero attached hydrogens (tertiary/aromatic N) is 2. The number of piperazine rings is 1. The van der Waals surface area contributed by atoms with Crippen LogP contribution < -0.4 is 5.32 Å². The zero-order chi connectivity index (χ0) is 13.7. The first kappa shape index (κ1) is 17.7. The van der Waals surface area contributed by atoms with Crippen molar-refractivity contribution in [1.82, 2.24) is 15.1 Å². The lowest BCUT2D eigenvalue weighted by Crippen LogP contribution is -2.57. The summed E-state index contributed by atoms with van der Waals surface area (Å²) in [6, 6.07) is 0.553. The fourth-order valence-corrected chi connectivity index (χ4v) is 3.10. The van der Waals surface area contributed by atoms with Gasteiger partial charge in [0.25, 0.3) is 0 Å². The number of rotatable bonds is 5. The third-order valence-electron chi connectivity index (χ3n) is 4.33. The molecule has 1 amide bonds. The standard InChI is InChI=1S/C14H27N3O2.ClH/c1-3-12-11-17(8-7-16(12)9-10-19-2)14(18)13-5-4-6-15-13;/h12-13,15H,3-11H2,1-2H3;1H/t12?,13-;/m0./s1. The van der Waals surface area contributed by atoms with Crippen molar-refractivity contribution < 1.29 is 9.53 Å². The third-order valence-corrected chi connectivity index (χ3v) is 4.33. The molecule has 2 atom stereocenters. The number of nitrogens with one attached hydrogen (secondary N) is 1. The number of carbonyl (C=O) groups excluding carboxylic acids is 1. The molecular formula is C14H28ClN3O2. The summed E-state index contributed by atoms with van der Waals surface area (Å²) >= 11 is 0. The molecule has 118 valence electrons. The fraction of sp³-hybridized carbons (Fsp3) is 0.929. The van der Waals surface area contributed by atoms with Gasteiger partial charge in [-0.05, 0) is 25.8 Å². The molecule has 0 spiro atoms. The van der Waals surface area contributed by atoms with E-state index >= 15 is 0 Å².